The van der Waals surface area contributed by atoms with Crippen molar-refractivity contribution in [2.75, 3.05) is 11.9 Å². The van der Waals surface area contributed by atoms with Gasteiger partial charge in [-0.3, -0.25) is 4.79 Å². The van der Waals surface area contributed by atoms with E-state index in [1.807, 2.05) is 13.0 Å². The van der Waals surface area contributed by atoms with Crippen LogP contribution in [0.15, 0.2) is 36.7 Å². The molecule has 126 valence electrons. The Hall–Kier alpha value is -2.47. The average molecular weight is 327 g/mol. The molecule has 1 saturated carbocycles. The molecule has 1 aromatic carbocycles. The van der Waals surface area contributed by atoms with E-state index in [9.17, 15) is 4.79 Å². The molecule has 0 atom stereocenters. The first kappa shape index (κ1) is 16.4. The zero-order chi connectivity index (χ0) is 16.8. The maximum Gasteiger partial charge on any atom is 0.321 e. The summed E-state index contributed by atoms with van der Waals surface area (Å²) in [5.41, 5.74) is 1.65. The van der Waals surface area contributed by atoms with Crippen molar-refractivity contribution in [3.05, 3.63) is 42.2 Å². The van der Waals surface area contributed by atoms with E-state index in [0.29, 0.717) is 11.8 Å². The third kappa shape index (κ3) is 4.52. The number of nitrogens with zero attached hydrogens (tertiary/aromatic N) is 2. The summed E-state index contributed by atoms with van der Waals surface area (Å²) in [5, 5.41) is 2.87. The number of benzene rings is 1. The van der Waals surface area contributed by atoms with Gasteiger partial charge in [0, 0.05) is 18.1 Å². The maximum absolute atomic E-state index is 12.0. The second kappa shape index (κ2) is 7.88. The van der Waals surface area contributed by atoms with Crippen molar-refractivity contribution in [3.8, 4) is 11.8 Å². The lowest BCUT2D eigenvalue weighted by Crippen LogP contribution is -2.22. The van der Waals surface area contributed by atoms with Crippen molar-refractivity contribution in [1.82, 2.24) is 9.97 Å². The standard InChI is InChI=1S/C18H21N3O3/c1-13-11-15(24-18-19-9-4-10-20-18)7-8-16(13)21-17(22)12-23-14-5-2-3-6-14/h4,7-11,14H,2-3,5-6,12H2,1H3,(H,21,22). The molecule has 0 unspecified atom stereocenters. The Morgan fingerprint density at radius 1 is 1.25 bits per heavy atom. The molecule has 1 amide bonds. The van der Waals surface area contributed by atoms with Gasteiger partial charge in [-0.05, 0) is 49.6 Å². The summed E-state index contributed by atoms with van der Waals surface area (Å²) in [6, 6.07) is 7.44. The van der Waals surface area contributed by atoms with E-state index in [0.717, 1.165) is 24.1 Å². The molecule has 3 rings (SSSR count). The number of carbonyl (C=O) groups is 1. The van der Waals surface area contributed by atoms with Gasteiger partial charge in [0.2, 0.25) is 5.91 Å². The van der Waals surface area contributed by atoms with Gasteiger partial charge in [-0.1, -0.05) is 12.8 Å². The molecule has 0 saturated heterocycles. The van der Waals surface area contributed by atoms with E-state index < -0.39 is 0 Å². The van der Waals surface area contributed by atoms with E-state index in [2.05, 4.69) is 15.3 Å². The molecule has 1 heterocycles. The lowest BCUT2D eigenvalue weighted by atomic mass is 10.2. The SMILES string of the molecule is Cc1cc(Oc2ncccn2)ccc1NC(=O)COC1CCCC1. The molecule has 1 fully saturated rings. The zero-order valence-corrected chi connectivity index (χ0v) is 13.7. The van der Waals surface area contributed by atoms with E-state index in [-0.39, 0.29) is 18.6 Å². The van der Waals surface area contributed by atoms with Gasteiger partial charge in [0.1, 0.15) is 12.4 Å². The minimum atomic E-state index is -0.134. The Kier molecular flexibility index (Phi) is 5.38. The highest BCUT2D eigenvalue weighted by molar-refractivity contribution is 5.92. The Balaban J connectivity index is 1.55. The van der Waals surface area contributed by atoms with Crippen LogP contribution in [0.25, 0.3) is 0 Å². The van der Waals surface area contributed by atoms with Crippen LogP contribution in [0.4, 0.5) is 5.69 Å². The third-order valence-corrected chi connectivity index (χ3v) is 3.98. The normalized spacial score (nSPS) is 14.5. The molecular weight excluding hydrogens is 306 g/mol. The van der Waals surface area contributed by atoms with Crippen molar-refractivity contribution in [2.45, 2.75) is 38.7 Å². The molecule has 0 radical (unpaired) electrons. The topological polar surface area (TPSA) is 73.3 Å². The number of amides is 1. The highest BCUT2D eigenvalue weighted by Crippen LogP contribution is 2.24. The summed E-state index contributed by atoms with van der Waals surface area (Å²) in [6.45, 7) is 2.01. The molecule has 6 nitrogen and oxygen atoms in total. The fraction of sp³-hybridized carbons (Fsp3) is 0.389. The first-order chi connectivity index (χ1) is 11.7. The van der Waals surface area contributed by atoms with Crippen LogP contribution in [0.2, 0.25) is 0 Å². The molecule has 2 aromatic rings. The number of nitrogens with one attached hydrogen (secondary N) is 1. The summed E-state index contributed by atoms with van der Waals surface area (Å²) in [7, 11) is 0. The van der Waals surface area contributed by atoms with Crippen LogP contribution < -0.4 is 10.1 Å². The second-order valence-corrected chi connectivity index (χ2v) is 5.88. The lowest BCUT2D eigenvalue weighted by Gasteiger charge is -2.13. The summed E-state index contributed by atoms with van der Waals surface area (Å²) >= 11 is 0. The van der Waals surface area contributed by atoms with Gasteiger partial charge in [0.05, 0.1) is 6.10 Å². The Morgan fingerprint density at radius 2 is 2.00 bits per heavy atom. The smallest absolute Gasteiger partial charge is 0.321 e. The fourth-order valence-corrected chi connectivity index (χ4v) is 2.72. The minimum absolute atomic E-state index is 0.0974. The van der Waals surface area contributed by atoms with Gasteiger partial charge in [-0.15, -0.1) is 0 Å². The fourth-order valence-electron chi connectivity index (χ4n) is 2.72. The molecule has 0 spiro atoms. The number of rotatable bonds is 6. The number of aromatic nitrogens is 2. The van der Waals surface area contributed by atoms with E-state index >= 15 is 0 Å². The van der Waals surface area contributed by atoms with Crippen molar-refractivity contribution in [1.29, 1.82) is 0 Å². The van der Waals surface area contributed by atoms with Crippen LogP contribution in [-0.2, 0) is 9.53 Å². The second-order valence-electron chi connectivity index (χ2n) is 5.88. The largest absolute Gasteiger partial charge is 0.424 e. The Morgan fingerprint density at radius 3 is 2.71 bits per heavy atom. The van der Waals surface area contributed by atoms with Gasteiger partial charge in [0.15, 0.2) is 0 Å². The van der Waals surface area contributed by atoms with Gasteiger partial charge >= 0.3 is 6.01 Å². The third-order valence-electron chi connectivity index (χ3n) is 3.98. The van der Waals surface area contributed by atoms with Crippen molar-refractivity contribution >= 4 is 11.6 Å². The monoisotopic (exact) mass is 327 g/mol. The molecule has 6 heteroatoms. The quantitative estimate of drug-likeness (QED) is 0.879. The summed E-state index contributed by atoms with van der Waals surface area (Å²) < 4.78 is 11.2. The van der Waals surface area contributed by atoms with Crippen LogP contribution >= 0.6 is 0 Å². The van der Waals surface area contributed by atoms with Crippen LogP contribution in [0.1, 0.15) is 31.2 Å². The van der Waals surface area contributed by atoms with E-state index in [4.69, 9.17) is 9.47 Å². The summed E-state index contributed by atoms with van der Waals surface area (Å²) in [5.74, 6) is 0.490. The van der Waals surface area contributed by atoms with Gasteiger partial charge < -0.3 is 14.8 Å². The molecule has 1 N–H and O–H groups in total. The van der Waals surface area contributed by atoms with Crippen LogP contribution in [-0.4, -0.2) is 28.6 Å². The molecule has 0 aliphatic heterocycles. The molecule has 1 aliphatic rings. The van der Waals surface area contributed by atoms with Gasteiger partial charge in [-0.2, -0.15) is 0 Å². The van der Waals surface area contributed by atoms with E-state index in [1.54, 1.807) is 30.6 Å². The van der Waals surface area contributed by atoms with Crippen LogP contribution in [0.3, 0.4) is 0 Å². The maximum atomic E-state index is 12.0. The predicted molar refractivity (Wildman–Crippen MR) is 90.1 cm³/mol. The number of ether oxygens (including phenoxy) is 2. The first-order valence-corrected chi connectivity index (χ1v) is 8.18. The molecule has 1 aliphatic carbocycles. The first-order valence-electron chi connectivity index (χ1n) is 8.18. The molecule has 1 aromatic heterocycles. The number of anilines is 1. The highest BCUT2D eigenvalue weighted by Gasteiger charge is 2.17. The van der Waals surface area contributed by atoms with Crippen molar-refractivity contribution < 1.29 is 14.3 Å². The lowest BCUT2D eigenvalue weighted by molar-refractivity contribution is -0.122. The van der Waals surface area contributed by atoms with Gasteiger partial charge in [0.25, 0.3) is 0 Å². The van der Waals surface area contributed by atoms with Crippen LogP contribution in [0, 0.1) is 6.92 Å². The predicted octanol–water partition coefficient (Wildman–Crippen LogP) is 3.48. The molecule has 0 bridgehead atoms. The van der Waals surface area contributed by atoms with E-state index in [1.165, 1.54) is 12.8 Å². The van der Waals surface area contributed by atoms with Gasteiger partial charge in [-0.25, -0.2) is 9.97 Å². The number of aryl methyl sites for hydroxylation is 1. The minimum Gasteiger partial charge on any atom is -0.424 e. The molecule has 24 heavy (non-hydrogen) atoms. The van der Waals surface area contributed by atoms with Crippen molar-refractivity contribution in [3.63, 3.8) is 0 Å². The number of hydrogen-bond acceptors (Lipinski definition) is 5. The summed E-state index contributed by atoms with van der Waals surface area (Å²) in [4.78, 5) is 20.0. The number of hydrogen-bond donors (Lipinski definition) is 1. The average Bonchev–Trinajstić information content (AvgIpc) is 3.10. The Labute approximate surface area is 141 Å². The zero-order valence-electron chi connectivity index (χ0n) is 13.7. The highest BCUT2D eigenvalue weighted by atomic mass is 16.5. The molecular formula is C18H21N3O3. The van der Waals surface area contributed by atoms with Crippen LogP contribution in [0.5, 0.6) is 11.8 Å². The summed E-state index contributed by atoms with van der Waals surface area (Å²) in [6.07, 6.45) is 7.97. The van der Waals surface area contributed by atoms with Crippen molar-refractivity contribution in [2.24, 2.45) is 0 Å². The Bertz CT molecular complexity index is 685. The number of carbonyl (C=O) groups excluding carboxylic acids is 1.